The van der Waals surface area contributed by atoms with Gasteiger partial charge in [-0.1, -0.05) is 18.9 Å². The molecule has 0 unspecified atom stereocenters. The van der Waals surface area contributed by atoms with E-state index in [-0.39, 0.29) is 0 Å². The van der Waals surface area contributed by atoms with E-state index in [1.807, 2.05) is 18.2 Å². The Hall–Kier alpha value is -1.64. The molecule has 0 radical (unpaired) electrons. The van der Waals surface area contributed by atoms with Gasteiger partial charge in [-0.15, -0.1) is 0 Å². The lowest BCUT2D eigenvalue weighted by Crippen LogP contribution is -1.91. The van der Waals surface area contributed by atoms with Gasteiger partial charge in [-0.3, -0.25) is 0 Å². The molecule has 0 amide bonds. The standard InChI is InChI=1S/C14H15NO2/c16-8-7-10-5-6-13-12(9-10)15-14(17-13)11-3-1-2-4-11/h5-6,8-9,11H,1-4,7H2. The van der Waals surface area contributed by atoms with Crippen LogP contribution >= 0.6 is 0 Å². The van der Waals surface area contributed by atoms with Crippen LogP contribution in [0.5, 0.6) is 0 Å². The number of benzene rings is 1. The maximum Gasteiger partial charge on any atom is 0.198 e. The molecule has 3 heteroatoms. The van der Waals surface area contributed by atoms with Gasteiger partial charge in [0.1, 0.15) is 11.8 Å². The largest absolute Gasteiger partial charge is 0.440 e. The molecule has 1 aliphatic rings. The van der Waals surface area contributed by atoms with Gasteiger partial charge in [0.05, 0.1) is 0 Å². The zero-order valence-electron chi connectivity index (χ0n) is 9.69. The molecule has 1 heterocycles. The van der Waals surface area contributed by atoms with Crippen LogP contribution in [0.2, 0.25) is 0 Å². The summed E-state index contributed by atoms with van der Waals surface area (Å²) >= 11 is 0. The lowest BCUT2D eigenvalue weighted by Gasteiger charge is -2.00. The molecule has 2 aromatic rings. The second kappa shape index (κ2) is 4.32. The molecule has 3 nitrogen and oxygen atoms in total. The number of aldehydes is 1. The van der Waals surface area contributed by atoms with Gasteiger partial charge in [0.25, 0.3) is 0 Å². The third-order valence-corrected chi connectivity index (χ3v) is 3.49. The smallest absolute Gasteiger partial charge is 0.198 e. The maximum absolute atomic E-state index is 10.5. The summed E-state index contributed by atoms with van der Waals surface area (Å²) in [6.45, 7) is 0. The maximum atomic E-state index is 10.5. The van der Waals surface area contributed by atoms with Gasteiger partial charge >= 0.3 is 0 Å². The molecule has 1 fully saturated rings. The fourth-order valence-electron chi connectivity index (χ4n) is 2.56. The normalized spacial score (nSPS) is 16.7. The molecule has 3 rings (SSSR count). The minimum Gasteiger partial charge on any atom is -0.440 e. The highest BCUT2D eigenvalue weighted by atomic mass is 16.3. The van der Waals surface area contributed by atoms with Crippen LogP contribution in [0.25, 0.3) is 11.1 Å². The number of hydrogen-bond donors (Lipinski definition) is 0. The first kappa shape index (κ1) is 10.5. The SMILES string of the molecule is O=CCc1ccc2oc(C3CCCC3)nc2c1. The molecule has 0 atom stereocenters. The molecule has 1 saturated carbocycles. The molecule has 0 saturated heterocycles. The molecule has 0 bridgehead atoms. The van der Waals surface area contributed by atoms with E-state index >= 15 is 0 Å². The van der Waals surface area contributed by atoms with Crippen LogP contribution in [-0.4, -0.2) is 11.3 Å². The first-order valence-corrected chi connectivity index (χ1v) is 6.20. The molecule has 88 valence electrons. The zero-order chi connectivity index (χ0) is 11.7. The molecular weight excluding hydrogens is 214 g/mol. The number of carbonyl (C=O) groups excluding carboxylic acids is 1. The van der Waals surface area contributed by atoms with Crippen LogP contribution in [0.15, 0.2) is 22.6 Å². The van der Waals surface area contributed by atoms with Crippen molar-refractivity contribution in [3.63, 3.8) is 0 Å². The van der Waals surface area contributed by atoms with E-state index in [0.29, 0.717) is 12.3 Å². The van der Waals surface area contributed by atoms with Crippen LogP contribution in [-0.2, 0) is 11.2 Å². The summed E-state index contributed by atoms with van der Waals surface area (Å²) in [7, 11) is 0. The van der Waals surface area contributed by atoms with Crippen molar-refractivity contribution in [2.24, 2.45) is 0 Å². The van der Waals surface area contributed by atoms with Crippen LogP contribution in [0.1, 0.15) is 43.1 Å². The Labute approximate surface area is 99.8 Å². The first-order valence-electron chi connectivity index (χ1n) is 6.20. The summed E-state index contributed by atoms with van der Waals surface area (Å²) in [5.41, 5.74) is 2.71. The van der Waals surface area contributed by atoms with Crippen molar-refractivity contribution >= 4 is 17.4 Å². The average molecular weight is 229 g/mol. The van der Waals surface area contributed by atoms with E-state index in [0.717, 1.165) is 28.8 Å². The molecule has 0 N–H and O–H groups in total. The molecule has 0 aliphatic heterocycles. The van der Waals surface area contributed by atoms with Gasteiger partial charge in [-0.25, -0.2) is 4.98 Å². The number of aromatic nitrogens is 1. The lowest BCUT2D eigenvalue weighted by molar-refractivity contribution is -0.107. The van der Waals surface area contributed by atoms with E-state index < -0.39 is 0 Å². The van der Waals surface area contributed by atoms with Gasteiger partial charge < -0.3 is 9.21 Å². The van der Waals surface area contributed by atoms with Gasteiger partial charge in [0.15, 0.2) is 11.5 Å². The topological polar surface area (TPSA) is 43.1 Å². The van der Waals surface area contributed by atoms with E-state index in [4.69, 9.17) is 4.42 Å². The van der Waals surface area contributed by atoms with Crippen molar-refractivity contribution in [3.8, 4) is 0 Å². The predicted molar refractivity (Wildman–Crippen MR) is 65.0 cm³/mol. The summed E-state index contributed by atoms with van der Waals surface area (Å²) in [5, 5.41) is 0. The average Bonchev–Trinajstić information content (AvgIpc) is 2.97. The predicted octanol–water partition coefficient (Wildman–Crippen LogP) is 3.23. The van der Waals surface area contributed by atoms with Gasteiger partial charge in [-0.05, 0) is 30.5 Å². The van der Waals surface area contributed by atoms with E-state index in [9.17, 15) is 4.79 Å². The van der Waals surface area contributed by atoms with Crippen molar-refractivity contribution in [2.75, 3.05) is 0 Å². The van der Waals surface area contributed by atoms with Gasteiger partial charge in [-0.2, -0.15) is 0 Å². The molecular formula is C14H15NO2. The van der Waals surface area contributed by atoms with Crippen LogP contribution in [0.4, 0.5) is 0 Å². The highest BCUT2D eigenvalue weighted by Crippen LogP contribution is 2.35. The molecule has 1 aromatic carbocycles. The number of hydrogen-bond acceptors (Lipinski definition) is 3. The Morgan fingerprint density at radius 2 is 2.18 bits per heavy atom. The lowest BCUT2D eigenvalue weighted by atomic mass is 10.1. The van der Waals surface area contributed by atoms with Crippen molar-refractivity contribution < 1.29 is 9.21 Å². The Morgan fingerprint density at radius 1 is 1.35 bits per heavy atom. The Kier molecular flexibility index (Phi) is 2.67. The number of rotatable bonds is 3. The van der Waals surface area contributed by atoms with E-state index in [2.05, 4.69) is 4.98 Å². The Bertz CT molecular complexity index is 538. The van der Waals surface area contributed by atoms with Crippen LogP contribution in [0.3, 0.4) is 0 Å². The Morgan fingerprint density at radius 3 is 2.94 bits per heavy atom. The van der Waals surface area contributed by atoms with Gasteiger partial charge in [0, 0.05) is 12.3 Å². The minimum atomic E-state index is 0.446. The number of nitrogens with zero attached hydrogens (tertiary/aromatic N) is 1. The van der Waals surface area contributed by atoms with E-state index in [1.54, 1.807) is 0 Å². The number of carbonyl (C=O) groups is 1. The molecule has 0 spiro atoms. The highest BCUT2D eigenvalue weighted by Gasteiger charge is 2.22. The monoisotopic (exact) mass is 229 g/mol. The van der Waals surface area contributed by atoms with Crippen LogP contribution < -0.4 is 0 Å². The molecule has 17 heavy (non-hydrogen) atoms. The summed E-state index contributed by atoms with van der Waals surface area (Å²) in [6, 6.07) is 5.80. The quantitative estimate of drug-likeness (QED) is 0.759. The second-order valence-electron chi connectivity index (χ2n) is 4.71. The van der Waals surface area contributed by atoms with Crippen molar-refractivity contribution in [3.05, 3.63) is 29.7 Å². The molecule has 1 aromatic heterocycles. The number of fused-ring (bicyclic) bond motifs is 1. The minimum absolute atomic E-state index is 0.446. The van der Waals surface area contributed by atoms with Crippen molar-refractivity contribution in [2.45, 2.75) is 38.0 Å². The number of oxazole rings is 1. The van der Waals surface area contributed by atoms with Crippen molar-refractivity contribution in [1.29, 1.82) is 0 Å². The first-order chi connectivity index (χ1) is 8.36. The summed E-state index contributed by atoms with van der Waals surface area (Å²) in [4.78, 5) is 15.0. The Balaban J connectivity index is 1.97. The highest BCUT2D eigenvalue weighted by molar-refractivity contribution is 5.74. The molecule has 1 aliphatic carbocycles. The second-order valence-corrected chi connectivity index (χ2v) is 4.71. The fourth-order valence-corrected chi connectivity index (χ4v) is 2.56. The van der Waals surface area contributed by atoms with Crippen molar-refractivity contribution in [1.82, 2.24) is 4.98 Å². The third-order valence-electron chi connectivity index (χ3n) is 3.49. The van der Waals surface area contributed by atoms with Crippen LogP contribution in [0, 0.1) is 0 Å². The zero-order valence-corrected chi connectivity index (χ0v) is 9.69. The fraction of sp³-hybridized carbons (Fsp3) is 0.429. The van der Waals surface area contributed by atoms with E-state index in [1.165, 1.54) is 25.7 Å². The van der Waals surface area contributed by atoms with Gasteiger partial charge in [0.2, 0.25) is 0 Å². The summed E-state index contributed by atoms with van der Waals surface area (Å²) in [5.74, 6) is 1.37. The summed E-state index contributed by atoms with van der Waals surface area (Å²) in [6.07, 6.45) is 6.29. The summed E-state index contributed by atoms with van der Waals surface area (Å²) < 4.78 is 5.79. The third kappa shape index (κ3) is 1.97.